The maximum Gasteiger partial charge on any atom is 0.190 e. The third-order valence-electron chi connectivity index (χ3n) is 3.11. The molecule has 0 bridgehead atoms. The number of benzene rings is 1. The number of nitrogens with one attached hydrogen (secondary N) is 2. The highest BCUT2D eigenvalue weighted by Crippen LogP contribution is 2.29. The Kier molecular flexibility index (Phi) is 8.82. The van der Waals surface area contributed by atoms with Crippen LogP contribution in [0.2, 0.25) is 0 Å². The lowest BCUT2D eigenvalue weighted by Crippen LogP contribution is -2.41. The number of nitrogens with zero attached hydrogens (tertiary/aromatic N) is 1. The maximum atomic E-state index is 5.38. The molecule has 1 aromatic carbocycles. The summed E-state index contributed by atoms with van der Waals surface area (Å²) in [4.78, 5) is 5.44. The summed E-state index contributed by atoms with van der Waals surface area (Å²) < 4.78 is 5.38. The Hall–Kier alpha value is -1.36. The second-order valence-corrected chi connectivity index (χ2v) is 6.86. The van der Waals surface area contributed by atoms with Crippen molar-refractivity contribution in [2.45, 2.75) is 25.7 Å². The Bertz CT molecular complexity index is 463. The number of para-hydroxylation sites is 1. The average molecular weight is 324 g/mol. The molecule has 0 aliphatic heterocycles. The molecule has 2 N–H and O–H groups in total. The van der Waals surface area contributed by atoms with E-state index in [1.807, 2.05) is 37.0 Å². The van der Waals surface area contributed by atoms with Gasteiger partial charge in [0, 0.05) is 30.8 Å². The van der Waals surface area contributed by atoms with Crippen molar-refractivity contribution in [3.63, 3.8) is 0 Å². The molecule has 1 unspecified atom stereocenters. The Morgan fingerprint density at radius 3 is 2.50 bits per heavy atom. The monoisotopic (exact) mass is 323 g/mol. The molecule has 0 aliphatic carbocycles. The summed E-state index contributed by atoms with van der Waals surface area (Å²) in [6.45, 7) is 8.45. The minimum atomic E-state index is 0.535. The van der Waals surface area contributed by atoms with Crippen LogP contribution in [0.3, 0.4) is 0 Å². The van der Waals surface area contributed by atoms with Crippen LogP contribution in [0.1, 0.15) is 20.8 Å². The van der Waals surface area contributed by atoms with Gasteiger partial charge in [-0.2, -0.15) is 0 Å². The molecule has 5 heteroatoms. The van der Waals surface area contributed by atoms with Gasteiger partial charge in [-0.05, 0) is 24.0 Å². The second-order valence-electron chi connectivity index (χ2n) is 5.79. The first-order chi connectivity index (χ1) is 10.6. The van der Waals surface area contributed by atoms with Gasteiger partial charge in [-0.25, -0.2) is 0 Å². The van der Waals surface area contributed by atoms with Gasteiger partial charge in [-0.15, -0.1) is 11.8 Å². The lowest BCUT2D eigenvalue weighted by atomic mass is 10.2. The quantitative estimate of drug-likeness (QED) is 0.438. The zero-order valence-corrected chi connectivity index (χ0v) is 15.2. The van der Waals surface area contributed by atoms with E-state index in [4.69, 9.17) is 4.74 Å². The van der Waals surface area contributed by atoms with E-state index in [2.05, 4.69) is 42.5 Å². The van der Waals surface area contributed by atoms with Crippen LogP contribution in [-0.2, 0) is 0 Å². The zero-order valence-electron chi connectivity index (χ0n) is 14.3. The number of hydrogen-bond acceptors (Lipinski definition) is 3. The Morgan fingerprint density at radius 1 is 1.18 bits per heavy atom. The summed E-state index contributed by atoms with van der Waals surface area (Å²) in [6.07, 6.45) is 0. The molecule has 124 valence electrons. The molecule has 0 saturated heterocycles. The third-order valence-corrected chi connectivity index (χ3v) is 4.50. The highest BCUT2D eigenvalue weighted by Gasteiger charge is 2.08. The van der Waals surface area contributed by atoms with E-state index in [9.17, 15) is 0 Å². The largest absolute Gasteiger partial charge is 0.496 e. The molecule has 0 saturated carbocycles. The van der Waals surface area contributed by atoms with Crippen LogP contribution >= 0.6 is 11.8 Å². The van der Waals surface area contributed by atoms with Gasteiger partial charge in [-0.3, -0.25) is 4.99 Å². The average Bonchev–Trinajstić information content (AvgIpc) is 2.53. The van der Waals surface area contributed by atoms with Gasteiger partial charge in [0.15, 0.2) is 5.96 Å². The van der Waals surface area contributed by atoms with E-state index >= 15 is 0 Å². The lowest BCUT2D eigenvalue weighted by molar-refractivity contribution is 0.405. The van der Waals surface area contributed by atoms with Crippen molar-refractivity contribution < 1.29 is 4.74 Å². The van der Waals surface area contributed by atoms with Gasteiger partial charge in [0.05, 0.1) is 7.11 Å². The van der Waals surface area contributed by atoms with Crippen LogP contribution in [0.5, 0.6) is 5.75 Å². The molecule has 1 aromatic rings. The maximum absolute atomic E-state index is 5.38. The molecule has 4 nitrogen and oxygen atoms in total. The first-order valence-electron chi connectivity index (χ1n) is 7.77. The van der Waals surface area contributed by atoms with Gasteiger partial charge in [0.2, 0.25) is 0 Å². The second kappa shape index (κ2) is 10.4. The topological polar surface area (TPSA) is 45.7 Å². The predicted molar refractivity (Wildman–Crippen MR) is 97.1 cm³/mol. The third kappa shape index (κ3) is 7.07. The summed E-state index contributed by atoms with van der Waals surface area (Å²) in [5.41, 5.74) is 0. The van der Waals surface area contributed by atoms with E-state index < -0.39 is 0 Å². The fraction of sp³-hybridized carbons (Fsp3) is 0.588. The van der Waals surface area contributed by atoms with Crippen LogP contribution in [0.4, 0.5) is 0 Å². The molecule has 1 rings (SSSR count). The summed E-state index contributed by atoms with van der Waals surface area (Å²) in [5, 5.41) is 6.71. The van der Waals surface area contributed by atoms with Crippen molar-refractivity contribution in [2.75, 3.05) is 33.0 Å². The van der Waals surface area contributed by atoms with Crippen LogP contribution in [0.25, 0.3) is 0 Å². The molecular formula is C17H29N3OS. The molecule has 0 heterocycles. The summed E-state index contributed by atoms with van der Waals surface area (Å²) in [5.74, 6) is 4.00. The minimum Gasteiger partial charge on any atom is -0.496 e. The van der Waals surface area contributed by atoms with Crippen LogP contribution in [0, 0.1) is 11.8 Å². The van der Waals surface area contributed by atoms with Gasteiger partial charge >= 0.3 is 0 Å². The smallest absolute Gasteiger partial charge is 0.190 e. The fourth-order valence-electron chi connectivity index (χ4n) is 1.82. The predicted octanol–water partition coefficient (Wildman–Crippen LogP) is 3.24. The van der Waals surface area contributed by atoms with E-state index in [0.717, 1.165) is 30.6 Å². The molecular weight excluding hydrogens is 294 g/mol. The van der Waals surface area contributed by atoms with E-state index in [1.54, 1.807) is 7.11 Å². The van der Waals surface area contributed by atoms with Crippen LogP contribution < -0.4 is 15.4 Å². The SMILES string of the molecule is CN=C(NCC(C)C)NCC(C)CSc1ccccc1OC. The normalized spacial score (nSPS) is 13.1. The lowest BCUT2D eigenvalue weighted by Gasteiger charge is -2.17. The van der Waals surface area contributed by atoms with E-state index in [0.29, 0.717) is 11.8 Å². The molecule has 22 heavy (non-hydrogen) atoms. The first-order valence-corrected chi connectivity index (χ1v) is 8.75. The van der Waals surface area contributed by atoms with Gasteiger partial charge < -0.3 is 15.4 Å². The van der Waals surface area contributed by atoms with Gasteiger partial charge in [0.25, 0.3) is 0 Å². The van der Waals surface area contributed by atoms with E-state index in [-0.39, 0.29) is 0 Å². The van der Waals surface area contributed by atoms with Crippen molar-refractivity contribution in [1.29, 1.82) is 0 Å². The van der Waals surface area contributed by atoms with Crippen molar-refractivity contribution in [3.05, 3.63) is 24.3 Å². The Labute approximate surface area is 139 Å². The molecule has 0 aliphatic rings. The molecule has 0 aromatic heterocycles. The summed E-state index contributed by atoms with van der Waals surface area (Å²) in [7, 11) is 3.53. The number of methoxy groups -OCH3 is 1. The minimum absolute atomic E-state index is 0.535. The highest BCUT2D eigenvalue weighted by molar-refractivity contribution is 7.99. The molecule has 0 radical (unpaired) electrons. The Balaban J connectivity index is 2.35. The molecule has 1 atom stereocenters. The highest BCUT2D eigenvalue weighted by atomic mass is 32.2. The summed E-state index contributed by atoms with van der Waals surface area (Å²) in [6, 6.07) is 8.15. The number of ether oxygens (including phenoxy) is 1. The number of thioether (sulfide) groups is 1. The first kappa shape index (κ1) is 18.7. The van der Waals surface area contributed by atoms with Crippen molar-refractivity contribution in [3.8, 4) is 5.75 Å². The number of guanidine groups is 1. The van der Waals surface area contributed by atoms with Crippen LogP contribution in [-0.4, -0.2) is 39.0 Å². The zero-order chi connectivity index (χ0) is 16.4. The molecule has 0 amide bonds. The van der Waals surface area contributed by atoms with Gasteiger partial charge in [-0.1, -0.05) is 32.9 Å². The van der Waals surface area contributed by atoms with Crippen molar-refractivity contribution in [1.82, 2.24) is 10.6 Å². The molecule has 0 spiro atoms. The van der Waals surface area contributed by atoms with Crippen LogP contribution in [0.15, 0.2) is 34.2 Å². The number of aliphatic imine (C=N–C) groups is 1. The number of hydrogen-bond donors (Lipinski definition) is 2. The summed E-state index contributed by atoms with van der Waals surface area (Å²) >= 11 is 1.83. The Morgan fingerprint density at radius 2 is 1.86 bits per heavy atom. The van der Waals surface area contributed by atoms with E-state index in [1.165, 1.54) is 4.90 Å². The fourth-order valence-corrected chi connectivity index (χ4v) is 2.87. The number of rotatable bonds is 8. The van der Waals surface area contributed by atoms with Crippen molar-refractivity contribution >= 4 is 17.7 Å². The van der Waals surface area contributed by atoms with Crippen molar-refractivity contribution in [2.24, 2.45) is 16.8 Å². The van der Waals surface area contributed by atoms with Gasteiger partial charge in [0.1, 0.15) is 5.75 Å². The molecule has 0 fully saturated rings. The standard InChI is InChI=1S/C17H29N3OS/c1-13(2)10-19-17(18-4)20-11-14(3)12-22-16-9-7-6-8-15(16)21-5/h6-9,13-14H,10-12H2,1-5H3,(H2,18,19,20).